The van der Waals surface area contributed by atoms with Crippen LogP contribution in [0.2, 0.25) is 0 Å². The van der Waals surface area contributed by atoms with Gasteiger partial charge in [0.1, 0.15) is 0 Å². The second-order valence-electron chi connectivity index (χ2n) is 9.39. The third-order valence-corrected chi connectivity index (χ3v) is 7.56. The van der Waals surface area contributed by atoms with Crippen molar-refractivity contribution in [2.24, 2.45) is 0 Å². The second kappa shape index (κ2) is 6.94. The van der Waals surface area contributed by atoms with Gasteiger partial charge in [-0.25, -0.2) is 0 Å². The highest BCUT2D eigenvalue weighted by Crippen LogP contribution is 2.44. The Bertz CT molecular complexity index is 2060. The van der Waals surface area contributed by atoms with Gasteiger partial charge in [-0.2, -0.15) is 0 Å². The van der Waals surface area contributed by atoms with Crippen LogP contribution in [-0.4, -0.2) is 4.98 Å². The lowest BCUT2D eigenvalue weighted by molar-refractivity contribution is 1.56. The number of aromatic nitrogens is 1. The number of benzene rings is 7. The highest BCUT2D eigenvalue weighted by atomic mass is 14.7. The standard InChI is InChI=1S/C34H21N/c1-3-12-23-21(10-1)20-22-11-2-4-13-24(22)31(23)29-18-9-19-30-32-27-16-7-5-14-25(27)26-15-6-8-17-28(26)34(32)35-33(29)30/h1-20,35H. The molecule has 1 nitrogen and oxygen atoms in total. The molecular formula is C34H21N. The molecule has 0 saturated carbocycles. The van der Waals surface area contributed by atoms with Gasteiger partial charge in [0.2, 0.25) is 0 Å². The number of rotatable bonds is 1. The average Bonchev–Trinajstić information content (AvgIpc) is 3.32. The Morgan fingerprint density at radius 1 is 0.371 bits per heavy atom. The molecule has 0 aliphatic heterocycles. The smallest absolute Gasteiger partial charge is 0.0551 e. The number of hydrogen-bond acceptors (Lipinski definition) is 0. The van der Waals surface area contributed by atoms with Gasteiger partial charge in [-0.1, -0.05) is 115 Å². The van der Waals surface area contributed by atoms with Gasteiger partial charge in [0.05, 0.1) is 11.0 Å². The average molecular weight is 444 g/mol. The molecule has 0 bridgehead atoms. The van der Waals surface area contributed by atoms with E-state index in [4.69, 9.17) is 0 Å². The molecule has 0 aliphatic carbocycles. The van der Waals surface area contributed by atoms with Crippen molar-refractivity contribution in [1.29, 1.82) is 0 Å². The van der Waals surface area contributed by atoms with E-state index in [0.29, 0.717) is 0 Å². The molecule has 162 valence electrons. The summed E-state index contributed by atoms with van der Waals surface area (Å²) in [7, 11) is 0. The Balaban J connectivity index is 1.62. The Morgan fingerprint density at radius 2 is 0.886 bits per heavy atom. The first kappa shape index (κ1) is 18.8. The van der Waals surface area contributed by atoms with Crippen molar-refractivity contribution < 1.29 is 0 Å². The summed E-state index contributed by atoms with van der Waals surface area (Å²) < 4.78 is 0. The quantitative estimate of drug-likeness (QED) is 0.192. The van der Waals surface area contributed by atoms with Crippen LogP contribution in [0, 0.1) is 0 Å². The van der Waals surface area contributed by atoms with Crippen molar-refractivity contribution >= 4 is 64.9 Å². The fourth-order valence-corrected chi connectivity index (χ4v) is 6.08. The summed E-state index contributed by atoms with van der Waals surface area (Å²) >= 11 is 0. The van der Waals surface area contributed by atoms with Crippen LogP contribution < -0.4 is 0 Å². The monoisotopic (exact) mass is 443 g/mol. The van der Waals surface area contributed by atoms with E-state index in [2.05, 4.69) is 126 Å². The first-order valence-electron chi connectivity index (χ1n) is 12.1. The first-order valence-corrected chi connectivity index (χ1v) is 12.1. The minimum atomic E-state index is 1.20. The van der Waals surface area contributed by atoms with E-state index in [-0.39, 0.29) is 0 Å². The number of para-hydroxylation sites is 1. The number of nitrogens with one attached hydrogen (secondary N) is 1. The predicted octanol–water partition coefficient (Wildman–Crippen LogP) is 9.60. The number of H-pyrrole nitrogens is 1. The lowest BCUT2D eigenvalue weighted by Gasteiger charge is -2.13. The molecule has 0 radical (unpaired) electrons. The minimum absolute atomic E-state index is 1.20. The van der Waals surface area contributed by atoms with E-state index >= 15 is 0 Å². The molecule has 8 aromatic rings. The number of aromatic amines is 1. The molecule has 8 rings (SSSR count). The van der Waals surface area contributed by atoms with E-state index < -0.39 is 0 Å². The van der Waals surface area contributed by atoms with Crippen molar-refractivity contribution in [2.75, 3.05) is 0 Å². The van der Waals surface area contributed by atoms with Crippen LogP contribution in [0.15, 0.2) is 121 Å². The van der Waals surface area contributed by atoms with Crippen molar-refractivity contribution in [3.8, 4) is 11.1 Å². The zero-order valence-corrected chi connectivity index (χ0v) is 19.0. The first-order chi connectivity index (χ1) is 17.4. The maximum absolute atomic E-state index is 3.91. The highest BCUT2D eigenvalue weighted by Gasteiger charge is 2.18. The van der Waals surface area contributed by atoms with E-state index in [1.165, 1.54) is 76.0 Å². The van der Waals surface area contributed by atoms with Crippen LogP contribution in [0.5, 0.6) is 0 Å². The minimum Gasteiger partial charge on any atom is -0.353 e. The van der Waals surface area contributed by atoms with Gasteiger partial charge in [-0.15, -0.1) is 0 Å². The summed E-state index contributed by atoms with van der Waals surface area (Å²) in [6.07, 6.45) is 0. The summed E-state index contributed by atoms with van der Waals surface area (Å²) in [6.45, 7) is 0. The molecule has 0 aliphatic rings. The van der Waals surface area contributed by atoms with Crippen molar-refractivity contribution in [3.63, 3.8) is 0 Å². The van der Waals surface area contributed by atoms with Gasteiger partial charge < -0.3 is 4.98 Å². The van der Waals surface area contributed by atoms with E-state index in [0.717, 1.165) is 0 Å². The van der Waals surface area contributed by atoms with Gasteiger partial charge >= 0.3 is 0 Å². The number of fused-ring (bicyclic) bond motifs is 10. The molecule has 0 fully saturated rings. The van der Waals surface area contributed by atoms with Crippen LogP contribution in [0.1, 0.15) is 0 Å². The van der Waals surface area contributed by atoms with Gasteiger partial charge in [0.25, 0.3) is 0 Å². The third-order valence-electron chi connectivity index (χ3n) is 7.56. The van der Waals surface area contributed by atoms with E-state index in [1.807, 2.05) is 0 Å². The largest absolute Gasteiger partial charge is 0.353 e. The summed E-state index contributed by atoms with van der Waals surface area (Å²) in [4.78, 5) is 3.91. The molecule has 7 aromatic carbocycles. The van der Waals surface area contributed by atoms with Gasteiger partial charge in [0, 0.05) is 21.7 Å². The van der Waals surface area contributed by atoms with Crippen LogP contribution >= 0.6 is 0 Å². The van der Waals surface area contributed by atoms with Gasteiger partial charge in [-0.05, 0) is 49.3 Å². The Kier molecular flexibility index (Phi) is 3.72. The fraction of sp³-hybridized carbons (Fsp3) is 0. The van der Waals surface area contributed by atoms with Crippen LogP contribution in [-0.2, 0) is 0 Å². The molecule has 1 aromatic heterocycles. The zero-order valence-electron chi connectivity index (χ0n) is 19.0. The second-order valence-corrected chi connectivity index (χ2v) is 9.39. The molecular weight excluding hydrogens is 422 g/mol. The lowest BCUT2D eigenvalue weighted by Crippen LogP contribution is -1.87. The molecule has 0 atom stereocenters. The molecule has 0 spiro atoms. The summed E-state index contributed by atoms with van der Waals surface area (Å²) in [5.74, 6) is 0. The van der Waals surface area contributed by atoms with Gasteiger partial charge in [0.15, 0.2) is 0 Å². The van der Waals surface area contributed by atoms with Crippen molar-refractivity contribution in [3.05, 3.63) is 121 Å². The number of hydrogen-bond donors (Lipinski definition) is 1. The lowest BCUT2D eigenvalue weighted by atomic mass is 9.90. The highest BCUT2D eigenvalue weighted by molar-refractivity contribution is 6.32. The fourth-order valence-electron chi connectivity index (χ4n) is 6.08. The van der Waals surface area contributed by atoms with Crippen LogP contribution in [0.25, 0.3) is 76.0 Å². The normalized spacial score (nSPS) is 12.0. The predicted molar refractivity (Wildman–Crippen MR) is 151 cm³/mol. The topological polar surface area (TPSA) is 15.8 Å². The molecule has 1 heterocycles. The van der Waals surface area contributed by atoms with E-state index in [1.54, 1.807) is 0 Å². The van der Waals surface area contributed by atoms with E-state index in [9.17, 15) is 0 Å². The molecule has 1 heteroatoms. The molecule has 35 heavy (non-hydrogen) atoms. The molecule has 0 saturated heterocycles. The van der Waals surface area contributed by atoms with Gasteiger partial charge in [-0.3, -0.25) is 0 Å². The Hall–Kier alpha value is -4.62. The summed E-state index contributed by atoms with van der Waals surface area (Å²) in [5.41, 5.74) is 4.96. The van der Waals surface area contributed by atoms with Crippen LogP contribution in [0.4, 0.5) is 0 Å². The van der Waals surface area contributed by atoms with Crippen molar-refractivity contribution in [2.45, 2.75) is 0 Å². The molecule has 1 N–H and O–H groups in total. The summed E-state index contributed by atoms with van der Waals surface area (Å²) in [6, 6.07) is 44.1. The SMILES string of the molecule is c1ccc2c(-c3cccc4c3[nH]c3c5ccccc5c5ccccc5c43)c3ccccc3cc2c1. The van der Waals surface area contributed by atoms with Crippen LogP contribution in [0.3, 0.4) is 0 Å². The Labute approximate surface area is 202 Å². The summed E-state index contributed by atoms with van der Waals surface area (Å²) in [5, 5.41) is 12.8. The maximum atomic E-state index is 3.91. The maximum Gasteiger partial charge on any atom is 0.0551 e. The van der Waals surface area contributed by atoms with Crippen molar-refractivity contribution in [1.82, 2.24) is 4.98 Å². The molecule has 0 amide bonds. The third kappa shape index (κ3) is 2.53. The Morgan fingerprint density at radius 3 is 1.57 bits per heavy atom. The zero-order chi connectivity index (χ0) is 22.9. The molecule has 0 unspecified atom stereocenters.